The Kier molecular flexibility index (Phi) is 6.40. The Hall–Kier alpha value is -2.23. The highest BCUT2D eigenvalue weighted by Crippen LogP contribution is 2.28. The molecule has 1 amide bonds. The Morgan fingerprint density at radius 2 is 1.83 bits per heavy atom. The molecule has 0 atom stereocenters. The Morgan fingerprint density at radius 1 is 1.14 bits per heavy atom. The van der Waals surface area contributed by atoms with Crippen LogP contribution in [0.5, 0.6) is 0 Å². The van der Waals surface area contributed by atoms with E-state index >= 15 is 0 Å². The third kappa shape index (κ3) is 5.04. The first-order valence-electron chi connectivity index (χ1n) is 8.81. The van der Waals surface area contributed by atoms with Crippen LogP contribution in [0.2, 0.25) is 0 Å². The van der Waals surface area contributed by atoms with Crippen LogP contribution in [-0.2, 0) is 10.0 Å². The predicted molar refractivity (Wildman–Crippen MR) is 122 cm³/mol. The maximum Gasteiger partial charge on any atom is 0.259 e. The second-order valence-electron chi connectivity index (χ2n) is 6.69. The molecule has 6 nitrogen and oxygen atoms in total. The van der Waals surface area contributed by atoms with E-state index in [-0.39, 0.29) is 11.3 Å². The van der Waals surface area contributed by atoms with Gasteiger partial charge in [-0.25, -0.2) is 13.4 Å². The second kappa shape index (κ2) is 8.64. The number of halogens is 1. The standard InChI is InChI=1S/C20H20BrN3O3S2/c1-12(2)29(26,27)24-18-13(3)5-4-6-16(18)19(25)23-20-22-17(11-28-20)14-7-9-15(21)10-8-14/h4-12,24H,1-3H3,(H,22,23,25). The van der Waals surface area contributed by atoms with E-state index in [0.717, 1.165) is 15.7 Å². The van der Waals surface area contributed by atoms with Crippen molar-refractivity contribution in [2.75, 3.05) is 10.0 Å². The fourth-order valence-electron chi connectivity index (χ4n) is 2.50. The highest BCUT2D eigenvalue weighted by molar-refractivity contribution is 9.10. The van der Waals surface area contributed by atoms with Gasteiger partial charge in [0, 0.05) is 15.4 Å². The fourth-order valence-corrected chi connectivity index (χ4v) is 4.27. The lowest BCUT2D eigenvalue weighted by Crippen LogP contribution is -2.25. The van der Waals surface area contributed by atoms with E-state index in [0.29, 0.717) is 10.7 Å². The van der Waals surface area contributed by atoms with Gasteiger partial charge in [-0.05, 0) is 44.5 Å². The molecule has 2 aromatic carbocycles. The van der Waals surface area contributed by atoms with Crippen molar-refractivity contribution in [2.45, 2.75) is 26.0 Å². The smallest absolute Gasteiger partial charge is 0.259 e. The molecule has 29 heavy (non-hydrogen) atoms. The number of aromatic nitrogens is 1. The molecule has 9 heteroatoms. The monoisotopic (exact) mass is 493 g/mol. The summed E-state index contributed by atoms with van der Waals surface area (Å²) in [7, 11) is -3.58. The molecule has 0 spiro atoms. The molecule has 3 rings (SSSR count). The third-order valence-electron chi connectivity index (χ3n) is 4.25. The maximum atomic E-state index is 12.8. The lowest BCUT2D eigenvalue weighted by molar-refractivity contribution is 0.102. The largest absolute Gasteiger partial charge is 0.298 e. The molecule has 152 valence electrons. The number of anilines is 2. The highest BCUT2D eigenvalue weighted by atomic mass is 79.9. The third-order valence-corrected chi connectivity index (χ3v) is 7.26. The minimum Gasteiger partial charge on any atom is -0.298 e. The van der Waals surface area contributed by atoms with Crippen molar-refractivity contribution in [1.29, 1.82) is 0 Å². The van der Waals surface area contributed by atoms with Crippen LogP contribution in [0.3, 0.4) is 0 Å². The van der Waals surface area contributed by atoms with Crippen LogP contribution in [0.1, 0.15) is 29.8 Å². The van der Waals surface area contributed by atoms with Gasteiger partial charge in [0.05, 0.1) is 22.2 Å². The number of nitrogens with one attached hydrogen (secondary N) is 2. The summed E-state index contributed by atoms with van der Waals surface area (Å²) in [5, 5.41) is 4.44. The van der Waals surface area contributed by atoms with Gasteiger partial charge in [0.1, 0.15) is 0 Å². The zero-order valence-corrected chi connectivity index (χ0v) is 19.3. The van der Waals surface area contributed by atoms with Crippen LogP contribution in [0.4, 0.5) is 10.8 Å². The van der Waals surface area contributed by atoms with Crippen LogP contribution in [0.15, 0.2) is 52.3 Å². The van der Waals surface area contributed by atoms with Gasteiger partial charge in [-0.15, -0.1) is 11.3 Å². The molecule has 0 fully saturated rings. The number of carbonyl (C=O) groups excluding carboxylic acids is 1. The molecular weight excluding hydrogens is 474 g/mol. The molecule has 3 aromatic rings. The van der Waals surface area contributed by atoms with Gasteiger partial charge in [0.15, 0.2) is 5.13 Å². The molecular formula is C20H20BrN3O3S2. The summed E-state index contributed by atoms with van der Waals surface area (Å²) in [6.45, 7) is 4.92. The van der Waals surface area contributed by atoms with Crippen LogP contribution in [0.25, 0.3) is 11.3 Å². The zero-order chi connectivity index (χ0) is 21.2. The number of hydrogen-bond acceptors (Lipinski definition) is 5. The molecule has 1 heterocycles. The van der Waals surface area contributed by atoms with Crippen molar-refractivity contribution in [3.8, 4) is 11.3 Å². The molecule has 0 saturated carbocycles. The van der Waals surface area contributed by atoms with E-state index in [4.69, 9.17) is 0 Å². The maximum absolute atomic E-state index is 12.8. The van der Waals surface area contributed by atoms with Crippen LogP contribution in [0, 0.1) is 6.92 Å². The molecule has 1 aromatic heterocycles. The first kappa shape index (κ1) is 21.5. The van der Waals surface area contributed by atoms with Gasteiger partial charge in [-0.1, -0.05) is 40.2 Å². The SMILES string of the molecule is Cc1cccc(C(=O)Nc2nc(-c3ccc(Br)cc3)cs2)c1NS(=O)(=O)C(C)C. The molecule has 0 saturated heterocycles. The second-order valence-corrected chi connectivity index (χ2v) is 10.7. The van der Waals surface area contributed by atoms with Crippen LogP contribution >= 0.6 is 27.3 Å². The quantitative estimate of drug-likeness (QED) is 0.488. The lowest BCUT2D eigenvalue weighted by atomic mass is 10.1. The summed E-state index contributed by atoms with van der Waals surface area (Å²) < 4.78 is 28.1. The summed E-state index contributed by atoms with van der Waals surface area (Å²) in [6.07, 6.45) is 0. The van der Waals surface area contributed by atoms with Crippen molar-refractivity contribution >= 4 is 54.0 Å². The van der Waals surface area contributed by atoms with Gasteiger partial charge in [0.25, 0.3) is 5.91 Å². The zero-order valence-electron chi connectivity index (χ0n) is 16.1. The number of carbonyl (C=O) groups is 1. The van der Waals surface area contributed by atoms with Crippen molar-refractivity contribution in [1.82, 2.24) is 4.98 Å². The first-order valence-corrected chi connectivity index (χ1v) is 12.0. The minimum absolute atomic E-state index is 0.245. The Morgan fingerprint density at radius 3 is 2.48 bits per heavy atom. The number of aryl methyl sites for hydroxylation is 1. The van der Waals surface area contributed by atoms with Crippen molar-refractivity contribution in [2.24, 2.45) is 0 Å². The number of para-hydroxylation sites is 1. The van der Waals surface area contributed by atoms with E-state index in [2.05, 4.69) is 31.0 Å². The number of benzene rings is 2. The van der Waals surface area contributed by atoms with Crippen molar-refractivity contribution in [3.05, 3.63) is 63.4 Å². The summed E-state index contributed by atoms with van der Waals surface area (Å²) in [6, 6.07) is 12.8. The molecule has 0 aliphatic rings. The van der Waals surface area contributed by atoms with Crippen LogP contribution < -0.4 is 10.0 Å². The first-order chi connectivity index (χ1) is 13.7. The molecule has 0 radical (unpaired) electrons. The molecule has 0 unspecified atom stereocenters. The molecule has 0 bridgehead atoms. The summed E-state index contributed by atoms with van der Waals surface area (Å²) in [5.74, 6) is -0.424. The van der Waals surface area contributed by atoms with E-state index in [1.54, 1.807) is 39.0 Å². The topological polar surface area (TPSA) is 88.2 Å². The number of thiazole rings is 1. The number of amides is 1. The van der Waals surface area contributed by atoms with E-state index in [1.165, 1.54) is 11.3 Å². The van der Waals surface area contributed by atoms with E-state index in [9.17, 15) is 13.2 Å². The average molecular weight is 494 g/mol. The van der Waals surface area contributed by atoms with Crippen molar-refractivity contribution < 1.29 is 13.2 Å². The van der Waals surface area contributed by atoms with Gasteiger partial charge < -0.3 is 0 Å². The van der Waals surface area contributed by atoms with Gasteiger partial charge in [-0.2, -0.15) is 0 Å². The molecule has 2 N–H and O–H groups in total. The fraction of sp³-hybridized carbons (Fsp3) is 0.200. The number of sulfonamides is 1. The van der Waals surface area contributed by atoms with Gasteiger partial charge in [0.2, 0.25) is 10.0 Å². The molecule has 0 aliphatic heterocycles. The van der Waals surface area contributed by atoms with Gasteiger partial charge in [-0.3, -0.25) is 14.8 Å². The number of nitrogens with zero attached hydrogens (tertiary/aromatic N) is 1. The summed E-state index contributed by atoms with van der Waals surface area (Å²) in [4.78, 5) is 17.3. The van der Waals surface area contributed by atoms with Crippen molar-refractivity contribution in [3.63, 3.8) is 0 Å². The summed E-state index contributed by atoms with van der Waals surface area (Å²) >= 11 is 4.71. The Labute approximate surface area is 182 Å². The average Bonchev–Trinajstić information content (AvgIpc) is 3.12. The van der Waals surface area contributed by atoms with Gasteiger partial charge >= 0.3 is 0 Å². The minimum atomic E-state index is -3.58. The van der Waals surface area contributed by atoms with E-state index in [1.807, 2.05) is 29.6 Å². The number of hydrogen-bond donors (Lipinski definition) is 2. The van der Waals surface area contributed by atoms with E-state index < -0.39 is 21.2 Å². The Balaban J connectivity index is 1.85. The summed E-state index contributed by atoms with van der Waals surface area (Å²) in [5.41, 5.74) is 2.88. The van der Waals surface area contributed by atoms with Crippen LogP contribution in [-0.4, -0.2) is 24.6 Å². The Bertz CT molecular complexity index is 1140. The number of rotatable bonds is 6. The molecule has 0 aliphatic carbocycles. The predicted octanol–water partition coefficient (Wildman–Crippen LogP) is 5.28. The lowest BCUT2D eigenvalue weighted by Gasteiger charge is -2.16. The highest BCUT2D eigenvalue weighted by Gasteiger charge is 2.22. The normalized spacial score (nSPS) is 11.5.